The van der Waals surface area contributed by atoms with E-state index in [4.69, 9.17) is 9.47 Å². The van der Waals surface area contributed by atoms with Crippen LogP contribution in [0, 0.1) is 0 Å². The fourth-order valence-electron chi connectivity index (χ4n) is 1.60. The average Bonchev–Trinajstić information content (AvgIpc) is 2.39. The fourth-order valence-corrected chi connectivity index (χ4v) is 1.60. The summed E-state index contributed by atoms with van der Waals surface area (Å²) in [6, 6.07) is 0. The molecule has 1 N–H and O–H groups in total. The fraction of sp³-hybridized carbons (Fsp3) is 1.00. The summed E-state index contributed by atoms with van der Waals surface area (Å²) < 4.78 is 10.8. The van der Waals surface area contributed by atoms with Crippen molar-refractivity contribution in [2.75, 3.05) is 26.4 Å². The van der Waals surface area contributed by atoms with Crippen LogP contribution in [0.4, 0.5) is 0 Å². The van der Waals surface area contributed by atoms with Gasteiger partial charge in [0.15, 0.2) is 0 Å². The molecule has 0 unspecified atom stereocenters. The molecule has 2 aliphatic heterocycles. The lowest BCUT2D eigenvalue weighted by molar-refractivity contribution is -0.0889. The molecule has 0 aromatic carbocycles. The van der Waals surface area contributed by atoms with Crippen LogP contribution in [0.2, 0.25) is 0 Å². The number of hydrogen-bond acceptors (Lipinski definition) is 3. The smallest absolute Gasteiger partial charge is 0.123 e. The predicted molar refractivity (Wildman–Crippen MR) is 36.7 cm³/mol. The van der Waals surface area contributed by atoms with E-state index in [1.165, 1.54) is 0 Å². The summed E-state index contributed by atoms with van der Waals surface area (Å²) in [7, 11) is 0. The van der Waals surface area contributed by atoms with Gasteiger partial charge in [-0.25, -0.2) is 0 Å². The van der Waals surface area contributed by atoms with E-state index in [2.05, 4.69) is 5.32 Å². The monoisotopic (exact) mass is 143 g/mol. The summed E-state index contributed by atoms with van der Waals surface area (Å²) in [6.07, 6.45) is 2.01. The van der Waals surface area contributed by atoms with Gasteiger partial charge in [-0.1, -0.05) is 0 Å². The molecule has 58 valence electrons. The van der Waals surface area contributed by atoms with Crippen LogP contribution < -0.4 is 5.32 Å². The molecule has 0 atom stereocenters. The molecule has 2 aliphatic rings. The maximum absolute atomic E-state index is 5.59. The van der Waals surface area contributed by atoms with E-state index in [1.807, 2.05) is 0 Å². The van der Waals surface area contributed by atoms with E-state index in [9.17, 15) is 0 Å². The van der Waals surface area contributed by atoms with Gasteiger partial charge < -0.3 is 9.47 Å². The highest BCUT2D eigenvalue weighted by molar-refractivity contribution is 4.84. The number of rotatable bonds is 0. The minimum Gasteiger partial charge on any atom is -0.381 e. The summed E-state index contributed by atoms with van der Waals surface area (Å²) in [4.78, 5) is 0. The SMILES string of the molecule is C1COC2(CCOCC2)N1. The van der Waals surface area contributed by atoms with Crippen LogP contribution in [0.25, 0.3) is 0 Å². The Hall–Kier alpha value is -0.120. The normalized spacial score (nSPS) is 31.2. The van der Waals surface area contributed by atoms with Gasteiger partial charge in [-0.05, 0) is 0 Å². The zero-order valence-electron chi connectivity index (χ0n) is 6.06. The average molecular weight is 143 g/mol. The van der Waals surface area contributed by atoms with E-state index >= 15 is 0 Å². The first-order valence-corrected chi connectivity index (χ1v) is 3.88. The zero-order valence-corrected chi connectivity index (χ0v) is 6.06. The Bertz CT molecular complexity index is 113. The van der Waals surface area contributed by atoms with E-state index in [1.54, 1.807) is 0 Å². The molecule has 0 aliphatic carbocycles. The van der Waals surface area contributed by atoms with Crippen LogP contribution in [0.1, 0.15) is 12.8 Å². The Morgan fingerprint density at radius 1 is 1.10 bits per heavy atom. The van der Waals surface area contributed by atoms with Crippen molar-refractivity contribution in [3.8, 4) is 0 Å². The second-order valence-corrected chi connectivity index (χ2v) is 2.88. The summed E-state index contributed by atoms with van der Waals surface area (Å²) in [5, 5.41) is 3.37. The molecular formula is C7H13NO2. The van der Waals surface area contributed by atoms with Gasteiger partial charge in [-0.15, -0.1) is 0 Å². The minimum atomic E-state index is -0.00174. The predicted octanol–water partition coefficient (Wildman–Crippen LogP) is 0.113. The topological polar surface area (TPSA) is 30.5 Å². The Balaban J connectivity index is 1.98. The first-order chi connectivity index (χ1) is 4.91. The van der Waals surface area contributed by atoms with Crippen LogP contribution >= 0.6 is 0 Å². The minimum absolute atomic E-state index is 0.00174. The maximum Gasteiger partial charge on any atom is 0.123 e. The lowest BCUT2D eigenvalue weighted by atomic mass is 10.1. The Morgan fingerprint density at radius 2 is 1.90 bits per heavy atom. The quantitative estimate of drug-likeness (QED) is 0.522. The Kier molecular flexibility index (Phi) is 1.64. The van der Waals surface area contributed by atoms with Gasteiger partial charge in [0.2, 0.25) is 0 Å². The van der Waals surface area contributed by atoms with Crippen molar-refractivity contribution in [1.82, 2.24) is 5.32 Å². The summed E-state index contributed by atoms with van der Waals surface area (Å²) in [5.74, 6) is 0. The second-order valence-electron chi connectivity index (χ2n) is 2.88. The molecule has 0 radical (unpaired) electrons. The zero-order chi connectivity index (χ0) is 6.86. The number of ether oxygens (including phenoxy) is 2. The molecule has 2 heterocycles. The first kappa shape index (κ1) is 6.58. The van der Waals surface area contributed by atoms with Crippen LogP contribution in [-0.4, -0.2) is 32.1 Å². The summed E-state index contributed by atoms with van der Waals surface area (Å²) in [6.45, 7) is 3.54. The third kappa shape index (κ3) is 1.05. The van der Waals surface area contributed by atoms with Crippen molar-refractivity contribution in [2.24, 2.45) is 0 Å². The van der Waals surface area contributed by atoms with Crippen molar-refractivity contribution >= 4 is 0 Å². The second kappa shape index (κ2) is 2.49. The third-order valence-electron chi connectivity index (χ3n) is 2.23. The molecular weight excluding hydrogens is 130 g/mol. The molecule has 2 rings (SSSR count). The molecule has 1 spiro atoms. The lowest BCUT2D eigenvalue weighted by Crippen LogP contribution is -2.45. The maximum atomic E-state index is 5.59. The first-order valence-electron chi connectivity index (χ1n) is 3.88. The van der Waals surface area contributed by atoms with Gasteiger partial charge in [0, 0.05) is 19.4 Å². The lowest BCUT2D eigenvalue weighted by Gasteiger charge is -2.32. The van der Waals surface area contributed by atoms with Gasteiger partial charge in [0.05, 0.1) is 19.8 Å². The third-order valence-corrected chi connectivity index (χ3v) is 2.23. The van der Waals surface area contributed by atoms with Crippen LogP contribution in [-0.2, 0) is 9.47 Å². The van der Waals surface area contributed by atoms with Crippen molar-refractivity contribution in [1.29, 1.82) is 0 Å². The van der Waals surface area contributed by atoms with Gasteiger partial charge >= 0.3 is 0 Å². The van der Waals surface area contributed by atoms with Gasteiger partial charge in [0.25, 0.3) is 0 Å². The van der Waals surface area contributed by atoms with E-state index in [0.29, 0.717) is 0 Å². The van der Waals surface area contributed by atoms with Crippen LogP contribution in [0.5, 0.6) is 0 Å². The standard InChI is InChI=1S/C7H13NO2/c1-4-9-5-2-7(1)8-3-6-10-7/h8H,1-6H2. The molecule has 0 aromatic heterocycles. The number of hydrogen-bond donors (Lipinski definition) is 1. The Labute approximate surface area is 60.7 Å². The molecule has 0 aromatic rings. The molecule has 2 saturated heterocycles. The van der Waals surface area contributed by atoms with Gasteiger partial charge in [-0.3, -0.25) is 5.32 Å². The van der Waals surface area contributed by atoms with E-state index < -0.39 is 0 Å². The molecule has 0 bridgehead atoms. The van der Waals surface area contributed by atoms with Crippen molar-refractivity contribution < 1.29 is 9.47 Å². The van der Waals surface area contributed by atoms with Crippen LogP contribution in [0.3, 0.4) is 0 Å². The van der Waals surface area contributed by atoms with Crippen molar-refractivity contribution in [2.45, 2.75) is 18.6 Å². The summed E-state index contributed by atoms with van der Waals surface area (Å²) in [5.41, 5.74) is -0.00174. The molecule has 3 nitrogen and oxygen atoms in total. The molecule has 10 heavy (non-hydrogen) atoms. The summed E-state index contributed by atoms with van der Waals surface area (Å²) >= 11 is 0. The highest BCUT2D eigenvalue weighted by Crippen LogP contribution is 2.24. The largest absolute Gasteiger partial charge is 0.381 e. The molecule has 2 fully saturated rings. The molecule has 0 saturated carbocycles. The Morgan fingerprint density at radius 3 is 2.50 bits per heavy atom. The highest BCUT2D eigenvalue weighted by atomic mass is 16.5. The molecule has 3 heteroatoms. The molecule has 0 amide bonds. The van der Waals surface area contributed by atoms with Gasteiger partial charge in [-0.2, -0.15) is 0 Å². The van der Waals surface area contributed by atoms with Crippen molar-refractivity contribution in [3.63, 3.8) is 0 Å². The van der Waals surface area contributed by atoms with E-state index in [0.717, 1.165) is 39.2 Å². The van der Waals surface area contributed by atoms with Gasteiger partial charge in [0.1, 0.15) is 5.72 Å². The van der Waals surface area contributed by atoms with Crippen molar-refractivity contribution in [3.05, 3.63) is 0 Å². The number of nitrogens with one attached hydrogen (secondary N) is 1. The van der Waals surface area contributed by atoms with E-state index in [-0.39, 0.29) is 5.72 Å². The highest BCUT2D eigenvalue weighted by Gasteiger charge is 2.35. The van der Waals surface area contributed by atoms with Crippen LogP contribution in [0.15, 0.2) is 0 Å².